The minimum absolute atomic E-state index is 0.109. The summed E-state index contributed by atoms with van der Waals surface area (Å²) in [6.07, 6.45) is 1.59. The molecule has 5 rings (SSSR count). The molecule has 198 valence electrons. The molecule has 0 bridgehead atoms. The van der Waals surface area contributed by atoms with Gasteiger partial charge >= 0.3 is 11.9 Å². The van der Waals surface area contributed by atoms with Crippen molar-refractivity contribution in [3.63, 3.8) is 0 Å². The van der Waals surface area contributed by atoms with Crippen molar-refractivity contribution in [2.45, 2.75) is 19.9 Å². The van der Waals surface area contributed by atoms with E-state index in [9.17, 15) is 19.5 Å². The van der Waals surface area contributed by atoms with E-state index in [0.29, 0.717) is 43.4 Å². The van der Waals surface area contributed by atoms with E-state index in [0.717, 1.165) is 0 Å². The zero-order chi connectivity index (χ0) is 27.7. The lowest BCUT2D eigenvalue weighted by atomic mass is 9.95. The summed E-state index contributed by atoms with van der Waals surface area (Å²) >= 11 is 1.17. The number of carboxylic acid groups (broad SMARTS) is 1. The zero-order valence-electron chi connectivity index (χ0n) is 21.3. The van der Waals surface area contributed by atoms with E-state index in [1.54, 1.807) is 75.6 Å². The molecule has 9 nitrogen and oxygen atoms in total. The number of aromatic carboxylic acids is 1. The van der Waals surface area contributed by atoms with Gasteiger partial charge in [-0.05, 0) is 49.7 Å². The second kappa shape index (κ2) is 10.6. The molecule has 0 aliphatic carbocycles. The number of benzene rings is 2. The van der Waals surface area contributed by atoms with Crippen LogP contribution in [0.4, 0.5) is 0 Å². The molecule has 0 spiro atoms. The number of rotatable bonds is 7. The highest BCUT2D eigenvalue weighted by molar-refractivity contribution is 7.07. The van der Waals surface area contributed by atoms with Gasteiger partial charge in [-0.1, -0.05) is 41.7 Å². The van der Waals surface area contributed by atoms with E-state index in [4.69, 9.17) is 13.9 Å². The van der Waals surface area contributed by atoms with Crippen LogP contribution in [0.15, 0.2) is 86.1 Å². The molecule has 1 N–H and O–H groups in total. The van der Waals surface area contributed by atoms with Crippen molar-refractivity contribution in [2.24, 2.45) is 4.99 Å². The summed E-state index contributed by atoms with van der Waals surface area (Å²) in [6.45, 7) is 3.61. The average Bonchev–Trinajstić information content (AvgIpc) is 3.52. The molecule has 1 aliphatic heterocycles. The number of furan rings is 1. The van der Waals surface area contributed by atoms with E-state index >= 15 is 0 Å². The Morgan fingerprint density at radius 1 is 1.15 bits per heavy atom. The van der Waals surface area contributed by atoms with E-state index in [2.05, 4.69) is 4.99 Å². The number of nitrogens with zero attached hydrogens (tertiary/aromatic N) is 2. The number of allylic oxidation sites excluding steroid dienone is 1. The van der Waals surface area contributed by atoms with E-state index in [1.807, 2.05) is 6.07 Å². The fourth-order valence-electron chi connectivity index (χ4n) is 4.51. The van der Waals surface area contributed by atoms with Crippen molar-refractivity contribution in [1.29, 1.82) is 0 Å². The highest BCUT2D eigenvalue weighted by Gasteiger charge is 2.33. The van der Waals surface area contributed by atoms with Gasteiger partial charge in [-0.25, -0.2) is 14.6 Å². The van der Waals surface area contributed by atoms with Gasteiger partial charge in [0.15, 0.2) is 4.80 Å². The summed E-state index contributed by atoms with van der Waals surface area (Å²) in [6, 6.07) is 16.3. The van der Waals surface area contributed by atoms with Gasteiger partial charge in [0.1, 0.15) is 17.3 Å². The lowest BCUT2D eigenvalue weighted by Crippen LogP contribution is -2.39. The SMILES string of the molecule is CCOC(=O)C1=C(C)N=c2sc(=Cc3ccc(-c4ccccc4C(=O)O)o3)c(=O)n2[C@@H]1c1cccc(OC)c1. The average molecular weight is 545 g/mol. The van der Waals surface area contributed by atoms with Gasteiger partial charge in [-0.15, -0.1) is 0 Å². The first-order valence-electron chi connectivity index (χ1n) is 12.1. The van der Waals surface area contributed by atoms with Gasteiger partial charge in [-0.2, -0.15) is 0 Å². The molecule has 2 aromatic carbocycles. The summed E-state index contributed by atoms with van der Waals surface area (Å²) in [7, 11) is 1.55. The fourth-order valence-corrected chi connectivity index (χ4v) is 5.53. The number of carboxylic acids is 1. The monoisotopic (exact) mass is 544 g/mol. The number of hydrogen-bond donors (Lipinski definition) is 1. The Bertz CT molecular complexity index is 1810. The van der Waals surface area contributed by atoms with Crippen molar-refractivity contribution >= 4 is 29.4 Å². The molecule has 10 heteroatoms. The van der Waals surface area contributed by atoms with E-state index in [-0.39, 0.29) is 23.3 Å². The fraction of sp³-hybridized carbons (Fsp3) is 0.172. The molecular weight excluding hydrogens is 520 g/mol. The molecule has 4 aromatic rings. The Morgan fingerprint density at radius 3 is 2.69 bits per heavy atom. The number of hydrogen-bond acceptors (Lipinski definition) is 8. The number of carbonyl (C=O) groups is 2. The van der Waals surface area contributed by atoms with Crippen molar-refractivity contribution in [3.05, 3.63) is 109 Å². The minimum Gasteiger partial charge on any atom is -0.497 e. The van der Waals surface area contributed by atoms with E-state index < -0.39 is 18.0 Å². The third-order valence-electron chi connectivity index (χ3n) is 6.25. The Kier molecular flexibility index (Phi) is 7.03. The summed E-state index contributed by atoms with van der Waals surface area (Å²) in [4.78, 5) is 43.4. The molecule has 0 amide bonds. The first-order chi connectivity index (χ1) is 18.8. The summed E-state index contributed by atoms with van der Waals surface area (Å²) in [5.74, 6) is -0.301. The Hall–Kier alpha value is -4.70. The van der Waals surface area contributed by atoms with Crippen LogP contribution in [-0.2, 0) is 9.53 Å². The highest BCUT2D eigenvalue weighted by Crippen LogP contribution is 2.32. The van der Waals surface area contributed by atoms with Gasteiger partial charge in [-0.3, -0.25) is 9.36 Å². The van der Waals surface area contributed by atoms with Crippen LogP contribution in [0, 0.1) is 0 Å². The maximum atomic E-state index is 13.8. The number of esters is 1. The minimum atomic E-state index is -1.07. The summed E-state index contributed by atoms with van der Waals surface area (Å²) < 4.78 is 18.4. The first-order valence-corrected chi connectivity index (χ1v) is 12.9. The van der Waals surface area contributed by atoms with Gasteiger partial charge in [0.25, 0.3) is 5.56 Å². The third kappa shape index (κ3) is 4.82. The number of ether oxygens (including phenoxy) is 2. The Morgan fingerprint density at radius 2 is 1.95 bits per heavy atom. The Labute approximate surface area is 226 Å². The van der Waals surface area contributed by atoms with Crippen LogP contribution in [0.25, 0.3) is 17.4 Å². The number of methoxy groups -OCH3 is 1. The molecule has 39 heavy (non-hydrogen) atoms. The van der Waals surface area contributed by atoms with Crippen LogP contribution in [0.1, 0.15) is 41.6 Å². The van der Waals surface area contributed by atoms with Crippen LogP contribution >= 0.6 is 11.3 Å². The largest absolute Gasteiger partial charge is 0.497 e. The maximum Gasteiger partial charge on any atom is 0.338 e. The molecule has 0 radical (unpaired) electrons. The second-order valence-corrected chi connectivity index (χ2v) is 9.64. The quantitative estimate of drug-likeness (QED) is 0.352. The zero-order valence-corrected chi connectivity index (χ0v) is 22.2. The molecule has 0 saturated heterocycles. The third-order valence-corrected chi connectivity index (χ3v) is 7.23. The molecule has 2 aromatic heterocycles. The van der Waals surface area contributed by atoms with Crippen LogP contribution in [-0.4, -0.2) is 35.3 Å². The normalized spacial score (nSPS) is 15.1. The van der Waals surface area contributed by atoms with Crippen LogP contribution in [0.2, 0.25) is 0 Å². The van der Waals surface area contributed by atoms with Crippen molar-refractivity contribution in [2.75, 3.05) is 13.7 Å². The van der Waals surface area contributed by atoms with Gasteiger partial charge in [0.2, 0.25) is 0 Å². The summed E-state index contributed by atoms with van der Waals surface area (Å²) in [5.41, 5.74) is 1.58. The standard InChI is InChI=1S/C29H24N2O7S/c1-4-37-28(35)24-16(2)30-29-31(25(24)17-8-7-9-18(14-17)36-3)26(32)23(39-29)15-19-12-13-22(38-19)20-10-5-6-11-21(20)27(33)34/h5-15,25H,4H2,1-3H3,(H,33,34)/t25-/m1/s1. The van der Waals surface area contributed by atoms with Gasteiger partial charge in [0, 0.05) is 11.6 Å². The first kappa shape index (κ1) is 25.9. The topological polar surface area (TPSA) is 120 Å². The summed E-state index contributed by atoms with van der Waals surface area (Å²) in [5, 5.41) is 9.52. The predicted molar refractivity (Wildman–Crippen MR) is 144 cm³/mol. The predicted octanol–water partition coefficient (Wildman–Crippen LogP) is 3.77. The number of thiazole rings is 1. The molecule has 0 unspecified atom stereocenters. The number of carbonyl (C=O) groups excluding carboxylic acids is 1. The van der Waals surface area contributed by atoms with Crippen molar-refractivity contribution in [3.8, 4) is 17.1 Å². The number of aromatic nitrogens is 1. The Balaban J connectivity index is 1.65. The van der Waals surface area contributed by atoms with Crippen LogP contribution in [0.5, 0.6) is 5.75 Å². The van der Waals surface area contributed by atoms with Crippen molar-refractivity contribution < 1.29 is 28.6 Å². The van der Waals surface area contributed by atoms with E-state index in [1.165, 1.54) is 22.0 Å². The number of fused-ring (bicyclic) bond motifs is 1. The van der Waals surface area contributed by atoms with Gasteiger partial charge < -0.3 is 19.0 Å². The molecule has 0 fully saturated rings. The van der Waals surface area contributed by atoms with Crippen LogP contribution in [0.3, 0.4) is 0 Å². The second-order valence-electron chi connectivity index (χ2n) is 8.63. The molecule has 1 atom stereocenters. The van der Waals surface area contributed by atoms with Crippen LogP contribution < -0.4 is 19.6 Å². The molecule has 1 aliphatic rings. The van der Waals surface area contributed by atoms with Gasteiger partial charge in [0.05, 0.1) is 41.1 Å². The highest BCUT2D eigenvalue weighted by atomic mass is 32.1. The van der Waals surface area contributed by atoms with Crippen molar-refractivity contribution in [1.82, 2.24) is 4.57 Å². The molecular formula is C29H24N2O7S. The lowest BCUT2D eigenvalue weighted by Gasteiger charge is -2.24. The molecule has 3 heterocycles. The molecule has 0 saturated carbocycles. The maximum absolute atomic E-state index is 13.8. The lowest BCUT2D eigenvalue weighted by molar-refractivity contribution is -0.139. The smallest absolute Gasteiger partial charge is 0.338 e.